The van der Waals surface area contributed by atoms with Gasteiger partial charge in [0.25, 0.3) is 0 Å². The summed E-state index contributed by atoms with van der Waals surface area (Å²) in [5.41, 5.74) is 1.19. The van der Waals surface area contributed by atoms with Crippen LogP contribution >= 0.6 is 0 Å². The SMILES string of the molecule is [O-]C1=N\[N+](=C/C=C\C=C\C=C\C=C\C=C\c2ccccc2)CC1. The molecule has 1 aliphatic rings. The molecule has 0 saturated heterocycles. The van der Waals surface area contributed by atoms with E-state index in [2.05, 4.69) is 23.3 Å². The highest BCUT2D eigenvalue weighted by Crippen LogP contribution is 2.00. The molecule has 0 bridgehead atoms. The van der Waals surface area contributed by atoms with Crippen LogP contribution in [0.5, 0.6) is 0 Å². The van der Waals surface area contributed by atoms with Crippen LogP contribution in [0.3, 0.4) is 0 Å². The second kappa shape index (κ2) is 9.90. The molecule has 0 radical (unpaired) electrons. The zero-order chi connectivity index (χ0) is 16.2. The number of hydrogen-bond acceptors (Lipinski definition) is 2. The third kappa shape index (κ3) is 7.05. The van der Waals surface area contributed by atoms with Gasteiger partial charge in [-0.2, -0.15) is 0 Å². The minimum absolute atomic E-state index is 0.0544. The van der Waals surface area contributed by atoms with Crippen molar-refractivity contribution in [3.8, 4) is 0 Å². The molecule has 1 aromatic carbocycles. The van der Waals surface area contributed by atoms with Gasteiger partial charge in [-0.15, -0.1) is 0 Å². The molecule has 2 rings (SSSR count). The Balaban J connectivity index is 1.68. The maximum atomic E-state index is 10.9. The van der Waals surface area contributed by atoms with Crippen LogP contribution in [0.2, 0.25) is 0 Å². The molecule has 3 heteroatoms. The fourth-order valence-corrected chi connectivity index (χ4v) is 1.89. The number of nitrogens with zero attached hydrogens (tertiary/aromatic N) is 2. The van der Waals surface area contributed by atoms with Crippen LogP contribution in [0, 0.1) is 0 Å². The lowest BCUT2D eigenvalue weighted by atomic mass is 10.2. The van der Waals surface area contributed by atoms with Gasteiger partial charge in [0.15, 0.2) is 12.8 Å². The van der Waals surface area contributed by atoms with Crippen LogP contribution < -0.4 is 5.11 Å². The zero-order valence-corrected chi connectivity index (χ0v) is 13.0. The van der Waals surface area contributed by atoms with Crippen molar-refractivity contribution in [2.75, 3.05) is 6.54 Å². The van der Waals surface area contributed by atoms with Gasteiger partial charge in [-0.25, -0.2) is 0 Å². The summed E-state index contributed by atoms with van der Waals surface area (Å²) in [5.74, 6) is -0.0544. The smallest absolute Gasteiger partial charge is 0.196 e. The van der Waals surface area contributed by atoms with E-state index < -0.39 is 0 Å². The van der Waals surface area contributed by atoms with E-state index in [4.69, 9.17) is 0 Å². The molecule has 116 valence electrons. The summed E-state index contributed by atoms with van der Waals surface area (Å²) in [4.78, 5) is 0. The molecule has 23 heavy (non-hydrogen) atoms. The molecule has 0 fully saturated rings. The maximum absolute atomic E-state index is 10.9. The lowest BCUT2D eigenvalue weighted by molar-refractivity contribution is -0.519. The van der Waals surface area contributed by atoms with Gasteiger partial charge in [-0.3, -0.25) is 0 Å². The van der Waals surface area contributed by atoms with Gasteiger partial charge in [-0.05, 0) is 10.7 Å². The minimum Gasteiger partial charge on any atom is -0.857 e. The van der Waals surface area contributed by atoms with E-state index >= 15 is 0 Å². The summed E-state index contributed by atoms with van der Waals surface area (Å²) in [6.45, 7) is 0.675. The molecule has 0 N–H and O–H groups in total. The molecular weight excluding hydrogens is 284 g/mol. The van der Waals surface area contributed by atoms with Crippen molar-refractivity contribution in [2.45, 2.75) is 6.42 Å². The van der Waals surface area contributed by atoms with Gasteiger partial charge in [0.1, 0.15) is 0 Å². The van der Waals surface area contributed by atoms with Crippen molar-refractivity contribution in [2.24, 2.45) is 5.10 Å². The predicted octanol–water partition coefficient (Wildman–Crippen LogP) is 3.09. The molecule has 0 amide bonds. The average molecular weight is 304 g/mol. The summed E-state index contributed by atoms with van der Waals surface area (Å²) < 4.78 is 1.66. The maximum Gasteiger partial charge on any atom is 0.196 e. The summed E-state index contributed by atoms with van der Waals surface area (Å²) in [5, 5.41) is 14.7. The number of benzene rings is 1. The Morgan fingerprint density at radius 1 is 0.826 bits per heavy atom. The van der Waals surface area contributed by atoms with Gasteiger partial charge in [0, 0.05) is 18.4 Å². The Kier molecular flexibility index (Phi) is 7.07. The quantitative estimate of drug-likeness (QED) is 0.588. The normalized spacial score (nSPS) is 17.7. The van der Waals surface area contributed by atoms with Crippen LogP contribution in [0.15, 0.2) is 90.1 Å². The van der Waals surface area contributed by atoms with Crippen molar-refractivity contribution in [1.82, 2.24) is 0 Å². The standard InChI is InChI=1S/C20H20N2O/c23-20-16-18-22(21-20)17-12-7-5-3-1-2-4-6-9-13-19-14-10-8-11-15-19/h1-15,17H,16,18H2/b2-1+,5-3+,6-4+,12-7-,13-9+,22-17-. The topological polar surface area (TPSA) is 38.4 Å². The first-order valence-electron chi connectivity index (χ1n) is 7.59. The monoisotopic (exact) mass is 304 g/mol. The van der Waals surface area contributed by atoms with Gasteiger partial charge >= 0.3 is 0 Å². The highest BCUT2D eigenvalue weighted by Gasteiger charge is 2.08. The number of allylic oxidation sites excluding steroid dienone is 9. The fraction of sp³-hybridized carbons (Fsp3) is 0.100. The van der Waals surface area contributed by atoms with Crippen LogP contribution in [0.1, 0.15) is 12.0 Å². The van der Waals surface area contributed by atoms with Crippen LogP contribution in [0.4, 0.5) is 0 Å². The molecule has 0 spiro atoms. The van der Waals surface area contributed by atoms with Gasteiger partial charge in [0.2, 0.25) is 0 Å². The molecule has 0 aromatic heterocycles. The highest BCUT2D eigenvalue weighted by molar-refractivity contribution is 5.73. The number of hydrogen-bond donors (Lipinski definition) is 0. The van der Waals surface area contributed by atoms with E-state index in [0.717, 1.165) is 0 Å². The van der Waals surface area contributed by atoms with Gasteiger partial charge < -0.3 is 5.11 Å². The average Bonchev–Trinajstić information content (AvgIpc) is 2.99. The van der Waals surface area contributed by atoms with Crippen molar-refractivity contribution in [3.63, 3.8) is 0 Å². The Hall–Kier alpha value is -2.94. The second-order valence-electron chi connectivity index (χ2n) is 4.87. The summed E-state index contributed by atoms with van der Waals surface area (Å²) in [6, 6.07) is 10.2. The molecular formula is C20H20N2O. The zero-order valence-electron chi connectivity index (χ0n) is 13.0. The van der Waals surface area contributed by atoms with Crippen molar-refractivity contribution in [1.29, 1.82) is 0 Å². The summed E-state index contributed by atoms with van der Waals surface area (Å²) in [6.07, 6.45) is 21.9. The van der Waals surface area contributed by atoms with E-state index in [0.29, 0.717) is 13.0 Å². The van der Waals surface area contributed by atoms with E-state index in [1.165, 1.54) is 5.56 Å². The van der Waals surface area contributed by atoms with Crippen molar-refractivity contribution in [3.05, 3.63) is 90.6 Å². The van der Waals surface area contributed by atoms with Crippen LogP contribution in [-0.4, -0.2) is 23.3 Å². The molecule has 0 aliphatic carbocycles. The van der Waals surface area contributed by atoms with E-state index in [9.17, 15) is 5.11 Å². The molecule has 0 atom stereocenters. The van der Waals surface area contributed by atoms with E-state index in [-0.39, 0.29) is 5.90 Å². The number of hydrazone groups is 1. The first kappa shape index (κ1) is 16.4. The third-order valence-electron chi connectivity index (χ3n) is 3.03. The Labute approximate surface area is 137 Å². The van der Waals surface area contributed by atoms with Gasteiger partial charge in [0.05, 0.1) is 0 Å². The second-order valence-corrected chi connectivity index (χ2v) is 4.87. The van der Waals surface area contributed by atoms with Gasteiger partial charge in [-0.1, -0.05) is 89.7 Å². The third-order valence-corrected chi connectivity index (χ3v) is 3.03. The van der Waals surface area contributed by atoms with E-state index in [1.807, 2.05) is 72.9 Å². The lowest BCUT2D eigenvalue weighted by Crippen LogP contribution is -2.13. The number of rotatable bonds is 6. The Morgan fingerprint density at radius 3 is 2.04 bits per heavy atom. The first-order valence-corrected chi connectivity index (χ1v) is 7.59. The molecule has 1 heterocycles. The molecule has 0 unspecified atom stereocenters. The fourth-order valence-electron chi connectivity index (χ4n) is 1.89. The molecule has 3 nitrogen and oxygen atoms in total. The molecule has 1 aliphatic heterocycles. The summed E-state index contributed by atoms with van der Waals surface area (Å²) in [7, 11) is 0. The van der Waals surface area contributed by atoms with Crippen LogP contribution in [0.25, 0.3) is 6.08 Å². The first-order chi connectivity index (χ1) is 11.3. The Morgan fingerprint density at radius 2 is 1.43 bits per heavy atom. The molecule has 1 aromatic rings. The summed E-state index contributed by atoms with van der Waals surface area (Å²) >= 11 is 0. The minimum atomic E-state index is -0.0544. The molecule has 0 saturated carbocycles. The Bertz CT molecular complexity index is 690. The van der Waals surface area contributed by atoms with Crippen molar-refractivity contribution < 1.29 is 9.79 Å². The predicted molar refractivity (Wildman–Crippen MR) is 95.3 cm³/mol. The van der Waals surface area contributed by atoms with E-state index in [1.54, 1.807) is 10.9 Å². The highest BCUT2D eigenvalue weighted by atomic mass is 16.3. The van der Waals surface area contributed by atoms with Crippen LogP contribution in [-0.2, 0) is 0 Å². The van der Waals surface area contributed by atoms with Crippen molar-refractivity contribution >= 4 is 18.2 Å². The largest absolute Gasteiger partial charge is 0.857 e. The lowest BCUT2D eigenvalue weighted by Gasteiger charge is -1.89.